The van der Waals surface area contributed by atoms with Gasteiger partial charge in [0.15, 0.2) is 24.0 Å². The summed E-state index contributed by atoms with van der Waals surface area (Å²) in [7, 11) is 5.43. The smallest absolute Gasteiger partial charge is 0.163 e. The summed E-state index contributed by atoms with van der Waals surface area (Å²) in [6.45, 7) is 4.78. The molecule has 0 fully saturated rings. The van der Waals surface area contributed by atoms with E-state index in [1.54, 1.807) is 18.2 Å². The Labute approximate surface area is 297 Å². The fourth-order valence-corrected chi connectivity index (χ4v) is 11.1. The van der Waals surface area contributed by atoms with Gasteiger partial charge >= 0.3 is 0 Å². The van der Waals surface area contributed by atoms with E-state index in [0.717, 1.165) is 73.7 Å². The second-order valence-corrected chi connectivity index (χ2v) is 16.0. The molecule has 6 rings (SSSR count). The Bertz CT molecular complexity index is 1700. The monoisotopic (exact) mass is 699 g/mol. The Hall–Kier alpha value is -3.73. The number of rotatable bonds is 7. The molecular weight excluding hydrogens is 653 g/mol. The van der Waals surface area contributed by atoms with Gasteiger partial charge in [-0.05, 0) is 78.1 Å². The summed E-state index contributed by atoms with van der Waals surface area (Å²) in [5.41, 5.74) is 5.19. The summed E-state index contributed by atoms with van der Waals surface area (Å²) in [5.74, 6) is 2.70. The first-order valence-electron chi connectivity index (χ1n) is 17.3. The number of hydrogen-bond donors (Lipinski definition) is 4. The number of methoxy groups -OCH3 is 1. The molecule has 3 aliphatic rings. The molecule has 8 nitrogen and oxygen atoms in total. The highest BCUT2D eigenvalue weighted by Gasteiger charge is 2.49. The van der Waals surface area contributed by atoms with Crippen LogP contribution in [0.2, 0.25) is 0 Å². The molecule has 4 heterocycles. The van der Waals surface area contributed by atoms with Gasteiger partial charge in [0.2, 0.25) is 0 Å². The SMILES string of the molecule is CC[C@@H]1CCC(=O)CC(=O)/C=C/c2cc(OC)c(O)cc2Cc2cnc3c(c2)[C@](C[NH+]2C=CNC2)(SSC1)[C@@H](CCc1ccccc1)CN3. The Balaban J connectivity index is 1.45. The molecule has 3 aliphatic heterocycles. The third-order valence-corrected chi connectivity index (χ3v) is 13.4. The van der Waals surface area contributed by atoms with Crippen LogP contribution in [0.15, 0.2) is 73.2 Å². The molecule has 4 atom stereocenters. The minimum atomic E-state index is -0.245. The lowest BCUT2D eigenvalue weighted by molar-refractivity contribution is -0.846. The number of nitrogens with one attached hydrogen (secondary N) is 3. The first-order valence-corrected chi connectivity index (χ1v) is 19.6. The number of pyridine rings is 1. The fourth-order valence-electron chi connectivity index (χ4n) is 7.11. The fraction of sp³-hybridized carbons (Fsp3) is 0.410. The highest BCUT2D eigenvalue weighted by Crippen LogP contribution is 2.54. The van der Waals surface area contributed by atoms with Crippen molar-refractivity contribution >= 4 is 45.0 Å². The normalized spacial score (nSPS) is 25.0. The van der Waals surface area contributed by atoms with Gasteiger partial charge in [0.25, 0.3) is 0 Å². The number of fused-ring (bicyclic) bond motifs is 2. The number of ketones is 2. The van der Waals surface area contributed by atoms with E-state index in [2.05, 4.69) is 66.4 Å². The Morgan fingerprint density at radius 3 is 2.76 bits per heavy atom. The van der Waals surface area contributed by atoms with E-state index in [4.69, 9.17) is 9.72 Å². The topological polar surface area (TPSA) is 105 Å². The highest BCUT2D eigenvalue weighted by atomic mass is 33.1. The average molecular weight is 700 g/mol. The zero-order valence-electron chi connectivity index (χ0n) is 28.4. The molecule has 258 valence electrons. The molecule has 0 spiro atoms. The minimum Gasteiger partial charge on any atom is -0.504 e. The molecule has 0 aliphatic carbocycles. The zero-order chi connectivity index (χ0) is 34.2. The number of quaternary nitrogens is 1. The lowest BCUT2D eigenvalue weighted by atomic mass is 9.78. The standard InChI is InChI=1S/C39H46N4O4S2/c1-3-27-10-13-33(44)21-34(45)14-11-30-20-37(47-2)36(46)19-31(30)17-29-18-35-38(41-22-29)42-23-32(12-9-28-7-5-4-6-8-28)39(35,49-48-24-27)25-43-16-15-40-26-43/h4-8,11,14-16,18-20,22,27,32,40,46H,3,9-10,12-13,17,21,23-26H2,1-2H3,(H,41,42)/p+1/b14-11+/t27-,32+,39-/m1/s1. The van der Waals surface area contributed by atoms with Gasteiger partial charge in [0, 0.05) is 36.4 Å². The summed E-state index contributed by atoms with van der Waals surface area (Å²) in [4.78, 5) is 32.2. The van der Waals surface area contributed by atoms with Crippen LogP contribution in [0.4, 0.5) is 5.82 Å². The van der Waals surface area contributed by atoms with Gasteiger partial charge in [-0.3, -0.25) is 14.5 Å². The highest BCUT2D eigenvalue weighted by molar-refractivity contribution is 8.77. The van der Waals surface area contributed by atoms with Gasteiger partial charge in [-0.2, -0.15) is 0 Å². The van der Waals surface area contributed by atoms with Crippen molar-refractivity contribution in [1.82, 2.24) is 10.3 Å². The van der Waals surface area contributed by atoms with Crippen LogP contribution < -0.4 is 20.3 Å². The van der Waals surface area contributed by atoms with E-state index in [-0.39, 0.29) is 28.5 Å². The van der Waals surface area contributed by atoms with Crippen molar-refractivity contribution in [2.45, 2.75) is 56.6 Å². The lowest BCUT2D eigenvalue weighted by Gasteiger charge is -2.44. The molecule has 0 amide bonds. The van der Waals surface area contributed by atoms with E-state index >= 15 is 0 Å². The van der Waals surface area contributed by atoms with Crippen molar-refractivity contribution in [3.63, 3.8) is 0 Å². The maximum atomic E-state index is 12.9. The van der Waals surface area contributed by atoms with E-state index < -0.39 is 0 Å². The van der Waals surface area contributed by atoms with E-state index in [0.29, 0.717) is 30.4 Å². The second-order valence-electron chi connectivity index (χ2n) is 13.4. The second kappa shape index (κ2) is 16.3. The molecule has 0 saturated heterocycles. The molecule has 10 heteroatoms. The zero-order valence-corrected chi connectivity index (χ0v) is 30.0. The molecule has 2 aromatic carbocycles. The number of allylic oxidation sites excluding steroid dienone is 1. The van der Waals surface area contributed by atoms with Gasteiger partial charge in [-0.15, -0.1) is 0 Å². The molecule has 2 bridgehead atoms. The predicted molar refractivity (Wildman–Crippen MR) is 200 cm³/mol. The van der Waals surface area contributed by atoms with Crippen molar-refractivity contribution in [1.29, 1.82) is 0 Å². The Morgan fingerprint density at radius 2 is 1.98 bits per heavy atom. The van der Waals surface area contributed by atoms with Crippen molar-refractivity contribution in [2.75, 3.05) is 37.9 Å². The number of phenols is 1. The summed E-state index contributed by atoms with van der Waals surface area (Å²) in [5, 5.41) is 17.9. The third kappa shape index (κ3) is 8.53. The number of phenolic OH excluding ortho intramolecular Hbond substituents is 1. The quantitative estimate of drug-likeness (QED) is 0.177. The van der Waals surface area contributed by atoms with Crippen LogP contribution in [-0.2, 0) is 27.2 Å². The summed E-state index contributed by atoms with van der Waals surface area (Å²) in [6, 6.07) is 16.5. The van der Waals surface area contributed by atoms with E-state index in [1.807, 2.05) is 27.8 Å². The number of aryl methyl sites for hydroxylation is 1. The Kier molecular flexibility index (Phi) is 11.7. The number of aromatic hydroxyl groups is 1. The van der Waals surface area contributed by atoms with Gasteiger partial charge in [0.05, 0.1) is 19.7 Å². The number of anilines is 1. The number of carbonyl (C=O) groups is 2. The lowest BCUT2D eigenvalue weighted by Crippen LogP contribution is -3.09. The largest absolute Gasteiger partial charge is 0.504 e. The van der Waals surface area contributed by atoms with Crippen LogP contribution in [0.1, 0.15) is 66.8 Å². The molecule has 1 aromatic heterocycles. The van der Waals surface area contributed by atoms with Crippen molar-refractivity contribution in [2.24, 2.45) is 11.8 Å². The molecule has 0 radical (unpaired) electrons. The number of Topliss-reactive ketones (excluding diaryl/α,β-unsaturated/α-hetero) is 1. The molecule has 49 heavy (non-hydrogen) atoms. The van der Waals surface area contributed by atoms with E-state index in [1.165, 1.54) is 29.2 Å². The number of ether oxygens (including phenoxy) is 1. The predicted octanol–water partition coefficient (Wildman–Crippen LogP) is 5.92. The number of benzene rings is 2. The van der Waals surface area contributed by atoms with Crippen LogP contribution in [0.3, 0.4) is 0 Å². The summed E-state index contributed by atoms with van der Waals surface area (Å²) in [6.07, 6.45) is 14.0. The first kappa shape index (κ1) is 35.1. The molecule has 4 N–H and O–H groups in total. The number of carbonyl (C=O) groups excluding carboxylic acids is 2. The first-order chi connectivity index (χ1) is 23.9. The minimum absolute atomic E-state index is 0.0196. The molecule has 0 saturated carbocycles. The van der Waals surface area contributed by atoms with Gasteiger partial charge < -0.3 is 20.5 Å². The molecule has 1 unspecified atom stereocenters. The van der Waals surface area contributed by atoms with Gasteiger partial charge in [0.1, 0.15) is 29.1 Å². The van der Waals surface area contributed by atoms with Crippen molar-refractivity contribution in [3.8, 4) is 11.5 Å². The van der Waals surface area contributed by atoms with Gasteiger partial charge in [-0.25, -0.2) is 4.98 Å². The maximum absolute atomic E-state index is 12.9. The van der Waals surface area contributed by atoms with Crippen LogP contribution in [-0.4, -0.2) is 54.3 Å². The average Bonchev–Trinajstić information content (AvgIpc) is 3.62. The van der Waals surface area contributed by atoms with Crippen LogP contribution in [0.25, 0.3) is 6.08 Å². The Morgan fingerprint density at radius 1 is 1.12 bits per heavy atom. The number of hydrogen-bond acceptors (Lipinski definition) is 9. The van der Waals surface area contributed by atoms with Crippen LogP contribution in [0.5, 0.6) is 11.5 Å². The number of nitrogens with zero attached hydrogens (tertiary/aromatic N) is 1. The van der Waals surface area contributed by atoms with Crippen LogP contribution >= 0.6 is 21.6 Å². The number of aromatic nitrogens is 1. The summed E-state index contributed by atoms with van der Waals surface area (Å²) >= 11 is 0. The van der Waals surface area contributed by atoms with E-state index in [9.17, 15) is 14.7 Å². The van der Waals surface area contributed by atoms with Gasteiger partial charge in [-0.1, -0.05) is 71.3 Å². The summed E-state index contributed by atoms with van der Waals surface area (Å²) < 4.78 is 5.17. The molecular formula is C39H47N4O4S2+. The van der Waals surface area contributed by atoms with Crippen LogP contribution in [0, 0.1) is 11.8 Å². The maximum Gasteiger partial charge on any atom is 0.163 e. The van der Waals surface area contributed by atoms with Crippen molar-refractivity contribution in [3.05, 3.63) is 101 Å². The third-order valence-electron chi connectivity index (χ3n) is 10.0. The molecule has 3 aromatic rings. The van der Waals surface area contributed by atoms with Crippen molar-refractivity contribution < 1.29 is 24.3 Å².